The molecule has 0 radical (unpaired) electrons. The second kappa shape index (κ2) is 7.11. The first-order valence-corrected chi connectivity index (χ1v) is 8.09. The van der Waals surface area contributed by atoms with Crippen molar-refractivity contribution < 1.29 is 14.7 Å². The van der Waals surface area contributed by atoms with Crippen molar-refractivity contribution >= 4 is 11.9 Å². The maximum absolute atomic E-state index is 12.3. The van der Waals surface area contributed by atoms with Gasteiger partial charge in [0.25, 0.3) is 0 Å². The molecule has 3 amide bonds. The zero-order chi connectivity index (χ0) is 15.3. The normalized spacial score (nSPS) is 24.0. The third kappa shape index (κ3) is 4.33. The van der Waals surface area contributed by atoms with E-state index in [2.05, 4.69) is 5.32 Å². The average Bonchev–Trinajstić information content (AvgIpc) is 2.42. The van der Waals surface area contributed by atoms with Gasteiger partial charge in [-0.25, -0.2) is 4.79 Å². The van der Waals surface area contributed by atoms with E-state index in [-0.39, 0.29) is 24.9 Å². The Bertz CT molecular complexity index is 370. The SMILES string of the molecule is NC(=O)C1(O)CCN(C(=O)NC2CCCCCCC2)CC1. The molecule has 21 heavy (non-hydrogen) atoms. The Morgan fingerprint density at radius 2 is 1.57 bits per heavy atom. The van der Waals surface area contributed by atoms with Crippen LogP contribution in [0.15, 0.2) is 0 Å². The smallest absolute Gasteiger partial charge is 0.317 e. The van der Waals surface area contributed by atoms with E-state index in [4.69, 9.17) is 5.73 Å². The minimum absolute atomic E-state index is 0.0768. The first-order valence-electron chi connectivity index (χ1n) is 8.09. The maximum Gasteiger partial charge on any atom is 0.317 e. The number of carbonyl (C=O) groups is 2. The predicted octanol–water partition coefficient (Wildman–Crippen LogP) is 1.12. The van der Waals surface area contributed by atoms with Gasteiger partial charge >= 0.3 is 6.03 Å². The molecule has 0 unspecified atom stereocenters. The Balaban J connectivity index is 1.80. The standard InChI is InChI=1S/C15H27N3O3/c16-13(19)15(21)8-10-18(11-9-15)14(20)17-12-6-4-2-1-3-5-7-12/h12,21H,1-11H2,(H2,16,19)(H,17,20). The van der Waals surface area contributed by atoms with Gasteiger partial charge in [0, 0.05) is 32.0 Å². The van der Waals surface area contributed by atoms with Crippen LogP contribution in [-0.2, 0) is 4.79 Å². The lowest BCUT2D eigenvalue weighted by Gasteiger charge is -2.36. The van der Waals surface area contributed by atoms with Gasteiger partial charge in [-0.2, -0.15) is 0 Å². The molecule has 0 aromatic carbocycles. The molecule has 1 saturated carbocycles. The number of piperidine rings is 1. The summed E-state index contributed by atoms with van der Waals surface area (Å²) in [5, 5.41) is 13.1. The topological polar surface area (TPSA) is 95.7 Å². The quantitative estimate of drug-likeness (QED) is 0.712. The van der Waals surface area contributed by atoms with Gasteiger partial charge in [0.05, 0.1) is 0 Å². The summed E-state index contributed by atoms with van der Waals surface area (Å²) in [6.07, 6.45) is 8.69. The molecular formula is C15H27N3O3. The van der Waals surface area contributed by atoms with Gasteiger partial charge in [-0.05, 0) is 12.8 Å². The largest absolute Gasteiger partial charge is 0.380 e. The third-order valence-electron chi connectivity index (χ3n) is 4.77. The number of hydrogen-bond acceptors (Lipinski definition) is 3. The highest BCUT2D eigenvalue weighted by molar-refractivity contribution is 5.83. The van der Waals surface area contributed by atoms with Crippen molar-refractivity contribution in [3.8, 4) is 0 Å². The minimum atomic E-state index is -1.45. The summed E-state index contributed by atoms with van der Waals surface area (Å²) in [4.78, 5) is 25.1. The molecular weight excluding hydrogens is 270 g/mol. The monoisotopic (exact) mass is 297 g/mol. The summed E-state index contributed by atoms with van der Waals surface area (Å²) in [5.74, 6) is -0.692. The van der Waals surface area contributed by atoms with Crippen molar-refractivity contribution in [2.24, 2.45) is 5.73 Å². The highest BCUT2D eigenvalue weighted by Crippen LogP contribution is 2.22. The molecule has 2 fully saturated rings. The molecule has 6 heteroatoms. The Hall–Kier alpha value is -1.30. The summed E-state index contributed by atoms with van der Waals surface area (Å²) < 4.78 is 0. The van der Waals surface area contributed by atoms with E-state index < -0.39 is 11.5 Å². The number of nitrogens with zero attached hydrogens (tertiary/aromatic N) is 1. The summed E-state index contributed by atoms with van der Waals surface area (Å²) >= 11 is 0. The lowest BCUT2D eigenvalue weighted by molar-refractivity contribution is -0.140. The Morgan fingerprint density at radius 1 is 1.05 bits per heavy atom. The zero-order valence-corrected chi connectivity index (χ0v) is 12.6. The number of hydrogen-bond donors (Lipinski definition) is 3. The van der Waals surface area contributed by atoms with Crippen LogP contribution in [0.5, 0.6) is 0 Å². The van der Waals surface area contributed by atoms with E-state index in [0.29, 0.717) is 13.1 Å². The molecule has 0 atom stereocenters. The van der Waals surface area contributed by atoms with Gasteiger partial charge < -0.3 is 21.1 Å². The van der Waals surface area contributed by atoms with Crippen molar-refractivity contribution in [3.05, 3.63) is 0 Å². The Labute approximate surface area is 126 Å². The zero-order valence-electron chi connectivity index (χ0n) is 12.6. The fourth-order valence-corrected chi connectivity index (χ4v) is 3.19. The van der Waals surface area contributed by atoms with Gasteiger partial charge in [-0.3, -0.25) is 4.79 Å². The lowest BCUT2D eigenvalue weighted by atomic mass is 9.91. The second-order valence-electron chi connectivity index (χ2n) is 6.37. The van der Waals surface area contributed by atoms with E-state index in [9.17, 15) is 14.7 Å². The molecule has 4 N–H and O–H groups in total. The van der Waals surface area contributed by atoms with E-state index in [1.165, 1.54) is 32.1 Å². The van der Waals surface area contributed by atoms with Gasteiger partial charge in [-0.15, -0.1) is 0 Å². The lowest BCUT2D eigenvalue weighted by Crippen LogP contribution is -2.55. The molecule has 0 aromatic rings. The molecule has 0 spiro atoms. The van der Waals surface area contributed by atoms with Crippen LogP contribution >= 0.6 is 0 Å². The van der Waals surface area contributed by atoms with Crippen molar-refractivity contribution in [2.45, 2.75) is 69.4 Å². The fourth-order valence-electron chi connectivity index (χ4n) is 3.19. The van der Waals surface area contributed by atoms with E-state index in [0.717, 1.165) is 12.8 Å². The Kier molecular flexibility index (Phi) is 5.45. The van der Waals surface area contributed by atoms with Crippen LogP contribution in [0.4, 0.5) is 4.79 Å². The van der Waals surface area contributed by atoms with Crippen molar-refractivity contribution in [2.75, 3.05) is 13.1 Å². The molecule has 120 valence electrons. The maximum atomic E-state index is 12.3. The van der Waals surface area contributed by atoms with Crippen molar-refractivity contribution in [3.63, 3.8) is 0 Å². The second-order valence-corrected chi connectivity index (χ2v) is 6.37. The Morgan fingerprint density at radius 3 is 2.10 bits per heavy atom. The van der Waals surface area contributed by atoms with Crippen LogP contribution in [-0.4, -0.2) is 46.7 Å². The van der Waals surface area contributed by atoms with Crippen molar-refractivity contribution in [1.82, 2.24) is 10.2 Å². The van der Waals surface area contributed by atoms with Crippen LogP contribution in [0.25, 0.3) is 0 Å². The first-order chi connectivity index (χ1) is 10.0. The van der Waals surface area contributed by atoms with Crippen LogP contribution < -0.4 is 11.1 Å². The number of nitrogens with one attached hydrogen (secondary N) is 1. The molecule has 2 rings (SSSR count). The summed E-state index contributed by atoms with van der Waals surface area (Å²) in [6.45, 7) is 0.746. The van der Waals surface area contributed by atoms with Gasteiger partial charge in [0.1, 0.15) is 5.60 Å². The molecule has 6 nitrogen and oxygen atoms in total. The first kappa shape index (κ1) is 16.1. The molecule has 1 saturated heterocycles. The van der Waals surface area contributed by atoms with Gasteiger partial charge in [0.15, 0.2) is 0 Å². The number of rotatable bonds is 2. The molecule has 0 aromatic heterocycles. The number of nitrogens with two attached hydrogens (primary N) is 1. The van der Waals surface area contributed by atoms with Gasteiger partial charge in [0.2, 0.25) is 5.91 Å². The highest BCUT2D eigenvalue weighted by Gasteiger charge is 2.39. The fraction of sp³-hybridized carbons (Fsp3) is 0.867. The number of urea groups is 1. The van der Waals surface area contributed by atoms with E-state index in [1.54, 1.807) is 4.90 Å². The number of aliphatic hydroxyl groups is 1. The summed E-state index contributed by atoms with van der Waals surface area (Å²) in [5.41, 5.74) is 3.75. The summed E-state index contributed by atoms with van der Waals surface area (Å²) in [7, 11) is 0. The van der Waals surface area contributed by atoms with Gasteiger partial charge in [-0.1, -0.05) is 32.1 Å². The number of amides is 3. The number of primary amides is 1. The predicted molar refractivity (Wildman–Crippen MR) is 79.6 cm³/mol. The molecule has 1 aliphatic heterocycles. The van der Waals surface area contributed by atoms with Crippen LogP contribution in [0.2, 0.25) is 0 Å². The van der Waals surface area contributed by atoms with Crippen molar-refractivity contribution in [1.29, 1.82) is 0 Å². The molecule has 0 bridgehead atoms. The van der Waals surface area contributed by atoms with E-state index >= 15 is 0 Å². The molecule has 2 aliphatic rings. The minimum Gasteiger partial charge on any atom is -0.380 e. The number of likely N-dealkylation sites (tertiary alicyclic amines) is 1. The molecule has 1 heterocycles. The van der Waals surface area contributed by atoms with Crippen LogP contribution in [0.3, 0.4) is 0 Å². The van der Waals surface area contributed by atoms with Crippen LogP contribution in [0.1, 0.15) is 57.8 Å². The van der Waals surface area contributed by atoms with E-state index in [1.807, 2.05) is 0 Å². The molecule has 1 aliphatic carbocycles. The third-order valence-corrected chi connectivity index (χ3v) is 4.77. The average molecular weight is 297 g/mol. The van der Waals surface area contributed by atoms with Crippen LogP contribution in [0, 0.1) is 0 Å². The highest BCUT2D eigenvalue weighted by atomic mass is 16.3. The number of carbonyl (C=O) groups excluding carboxylic acids is 2. The summed E-state index contributed by atoms with van der Waals surface area (Å²) in [6, 6.07) is 0.182.